The second kappa shape index (κ2) is 13.1. The molecule has 2 rings (SSSR count). The number of aliphatic carboxylic acids is 2. The zero-order valence-corrected chi connectivity index (χ0v) is 26.1. The summed E-state index contributed by atoms with van der Waals surface area (Å²) in [6.45, 7) is 9.92. The molecule has 2 aliphatic carbocycles. The van der Waals surface area contributed by atoms with Gasteiger partial charge in [-0.1, -0.05) is 52.0 Å². The van der Waals surface area contributed by atoms with Crippen LogP contribution < -0.4 is 69.3 Å². The van der Waals surface area contributed by atoms with Crippen LogP contribution in [0.2, 0.25) is 0 Å². The number of ether oxygens (including phenoxy) is 2. The molecule has 6 atom stereocenters. The van der Waals surface area contributed by atoms with Gasteiger partial charge in [0, 0.05) is 22.8 Å². The van der Waals surface area contributed by atoms with E-state index in [1.807, 2.05) is 19.1 Å². The molecule has 0 aromatic heterocycles. The molecule has 180 valence electrons. The topological polar surface area (TPSA) is 133 Å². The van der Waals surface area contributed by atoms with Gasteiger partial charge in [0.05, 0.1) is 25.0 Å². The van der Waals surface area contributed by atoms with E-state index in [9.17, 15) is 29.4 Å². The number of hydrogen-bond donors (Lipinski definition) is 0. The molecular weight excluding hydrogens is 462 g/mol. The molecule has 10 heteroatoms. The van der Waals surface area contributed by atoms with Crippen molar-refractivity contribution in [2.75, 3.05) is 14.2 Å². The standard InChI is InChI=1S/2C12H18O4.2Na/c1-8-6-5-7-11(2,10(15)16-4)12(8,3)9(13)14;1-8-6-5-7-11(2,9(13)14)12(8,3)10(15)16-4;;/h2*5-6,8H,7H2,1-4H3,(H,13,14);;/q;;2*+1/p-2/t2*8-,11-,12+;;/m11../s1. The molecule has 0 unspecified atom stereocenters. The summed E-state index contributed by atoms with van der Waals surface area (Å²) in [5, 5.41) is 22.7. The third-order valence-electron chi connectivity index (χ3n) is 8.14. The number of allylic oxidation sites excluding steroid dienone is 4. The van der Waals surface area contributed by atoms with Gasteiger partial charge < -0.3 is 29.3 Å². The van der Waals surface area contributed by atoms with Crippen LogP contribution in [0.3, 0.4) is 0 Å². The summed E-state index contributed by atoms with van der Waals surface area (Å²) in [7, 11) is 2.54. The maximum atomic E-state index is 11.9. The summed E-state index contributed by atoms with van der Waals surface area (Å²) in [5.74, 6) is -3.90. The molecule has 0 bridgehead atoms. The van der Waals surface area contributed by atoms with Crippen molar-refractivity contribution in [2.24, 2.45) is 33.5 Å². The van der Waals surface area contributed by atoms with Crippen molar-refractivity contribution in [1.82, 2.24) is 0 Å². The van der Waals surface area contributed by atoms with Crippen LogP contribution in [0.5, 0.6) is 0 Å². The van der Waals surface area contributed by atoms with Gasteiger partial charge in [0.2, 0.25) is 0 Å². The van der Waals surface area contributed by atoms with Gasteiger partial charge in [0.15, 0.2) is 0 Å². The normalized spacial score (nSPS) is 35.9. The Kier molecular flexibility index (Phi) is 13.6. The van der Waals surface area contributed by atoms with Crippen molar-refractivity contribution in [2.45, 2.75) is 54.4 Å². The van der Waals surface area contributed by atoms with Crippen molar-refractivity contribution in [3.63, 3.8) is 0 Å². The van der Waals surface area contributed by atoms with Gasteiger partial charge in [0.25, 0.3) is 0 Å². The summed E-state index contributed by atoms with van der Waals surface area (Å²) in [6, 6.07) is 0. The maximum Gasteiger partial charge on any atom is 1.00 e. The van der Waals surface area contributed by atoms with Crippen LogP contribution in [0.15, 0.2) is 24.3 Å². The molecule has 2 aliphatic rings. The first-order valence-electron chi connectivity index (χ1n) is 10.5. The molecule has 0 aromatic carbocycles. The van der Waals surface area contributed by atoms with E-state index in [2.05, 4.69) is 0 Å². The largest absolute Gasteiger partial charge is 1.00 e. The predicted molar refractivity (Wildman–Crippen MR) is 112 cm³/mol. The zero-order valence-electron chi connectivity index (χ0n) is 22.1. The Morgan fingerprint density at radius 3 is 1.44 bits per heavy atom. The van der Waals surface area contributed by atoms with Crippen LogP contribution in [0.25, 0.3) is 0 Å². The average molecular weight is 497 g/mol. The summed E-state index contributed by atoms with van der Waals surface area (Å²) >= 11 is 0. The zero-order chi connectivity index (χ0) is 25.1. The van der Waals surface area contributed by atoms with Crippen LogP contribution in [-0.4, -0.2) is 38.1 Å². The number of carbonyl (C=O) groups is 4. The number of hydrogen-bond acceptors (Lipinski definition) is 8. The number of carboxylic acids is 2. The number of rotatable bonds is 4. The molecule has 0 aliphatic heterocycles. The third-order valence-corrected chi connectivity index (χ3v) is 8.14. The van der Waals surface area contributed by atoms with Gasteiger partial charge in [-0.05, 0) is 38.5 Å². The first-order valence-corrected chi connectivity index (χ1v) is 10.5. The van der Waals surface area contributed by atoms with E-state index in [0.717, 1.165) is 0 Å². The van der Waals surface area contributed by atoms with E-state index < -0.39 is 45.5 Å². The number of carboxylic acid groups (broad SMARTS) is 2. The Balaban J connectivity index is 0. The Hall–Kier alpha value is -0.640. The Morgan fingerprint density at radius 2 is 1.09 bits per heavy atom. The summed E-state index contributed by atoms with van der Waals surface area (Å²) in [6.07, 6.45) is 7.90. The van der Waals surface area contributed by atoms with Crippen LogP contribution >= 0.6 is 0 Å². The average Bonchev–Trinajstić information content (AvgIpc) is 2.74. The van der Waals surface area contributed by atoms with Gasteiger partial charge in [-0.15, -0.1) is 0 Å². The first kappa shape index (κ1) is 35.5. The maximum absolute atomic E-state index is 11.9. The van der Waals surface area contributed by atoms with E-state index >= 15 is 0 Å². The smallest absolute Gasteiger partial charge is 0.550 e. The summed E-state index contributed by atoms with van der Waals surface area (Å²) in [4.78, 5) is 46.4. The van der Waals surface area contributed by atoms with Crippen LogP contribution in [0.4, 0.5) is 0 Å². The van der Waals surface area contributed by atoms with Gasteiger partial charge >= 0.3 is 71.1 Å². The summed E-state index contributed by atoms with van der Waals surface area (Å²) < 4.78 is 9.47. The fourth-order valence-electron chi connectivity index (χ4n) is 4.68. The molecule has 0 saturated heterocycles. The number of carbonyl (C=O) groups excluding carboxylic acids is 4. The minimum absolute atomic E-state index is 0. The third kappa shape index (κ3) is 5.68. The molecule has 0 saturated carbocycles. The van der Waals surface area contributed by atoms with Crippen molar-refractivity contribution in [3.05, 3.63) is 24.3 Å². The van der Waals surface area contributed by atoms with Crippen molar-refractivity contribution >= 4 is 23.9 Å². The molecule has 0 aromatic rings. The Bertz CT molecular complexity index is 841. The SMILES string of the molecule is COC(=O)[C@@]1(C)CC=C[C@@H](C)[C@@]1(C)C(=O)[O-].COC(=O)[C@]1(C)[C@H](C)C=CC[C@]1(C)C(=O)[O-].[Na+].[Na+]. The molecular formula is C24H34Na2O8. The van der Waals surface area contributed by atoms with E-state index in [1.165, 1.54) is 14.2 Å². The number of esters is 2. The van der Waals surface area contributed by atoms with Gasteiger partial charge in [-0.3, -0.25) is 9.59 Å². The predicted octanol–water partition coefficient (Wildman–Crippen LogP) is -4.96. The van der Waals surface area contributed by atoms with Crippen molar-refractivity contribution in [3.8, 4) is 0 Å². The summed E-state index contributed by atoms with van der Waals surface area (Å²) in [5.41, 5.74) is -4.63. The van der Waals surface area contributed by atoms with Crippen LogP contribution in [0.1, 0.15) is 54.4 Å². The van der Waals surface area contributed by atoms with E-state index in [-0.39, 0.29) is 77.4 Å². The Labute approximate surface area is 246 Å². The van der Waals surface area contributed by atoms with Gasteiger partial charge in [-0.2, -0.15) is 0 Å². The molecule has 0 radical (unpaired) electrons. The molecule has 0 heterocycles. The fraction of sp³-hybridized carbons (Fsp3) is 0.667. The van der Waals surface area contributed by atoms with Crippen LogP contribution in [-0.2, 0) is 28.7 Å². The second-order valence-electron chi connectivity index (χ2n) is 9.47. The van der Waals surface area contributed by atoms with Crippen LogP contribution in [0, 0.1) is 33.5 Å². The molecule has 0 N–H and O–H groups in total. The molecule has 8 nitrogen and oxygen atoms in total. The molecule has 0 fully saturated rings. The van der Waals surface area contributed by atoms with Gasteiger partial charge in [0.1, 0.15) is 0 Å². The van der Waals surface area contributed by atoms with E-state index in [1.54, 1.807) is 46.8 Å². The number of methoxy groups -OCH3 is 2. The molecule has 0 amide bonds. The quantitative estimate of drug-likeness (QED) is 0.215. The minimum Gasteiger partial charge on any atom is -0.550 e. The van der Waals surface area contributed by atoms with E-state index in [0.29, 0.717) is 6.42 Å². The fourth-order valence-corrected chi connectivity index (χ4v) is 4.68. The molecule has 34 heavy (non-hydrogen) atoms. The monoisotopic (exact) mass is 496 g/mol. The minimum atomic E-state index is -1.24. The van der Waals surface area contributed by atoms with Crippen molar-refractivity contribution < 1.29 is 98.0 Å². The van der Waals surface area contributed by atoms with Gasteiger partial charge in [-0.25, -0.2) is 0 Å². The second-order valence-corrected chi connectivity index (χ2v) is 9.47. The molecule has 0 spiro atoms. The Morgan fingerprint density at radius 1 is 0.706 bits per heavy atom. The van der Waals surface area contributed by atoms with Crippen molar-refractivity contribution in [1.29, 1.82) is 0 Å². The first-order chi connectivity index (χ1) is 14.6. The van der Waals surface area contributed by atoms with E-state index in [4.69, 9.17) is 9.47 Å².